The maximum absolute atomic E-state index is 14.3. The van der Waals surface area contributed by atoms with Crippen LogP contribution in [-0.4, -0.2) is 193 Å². The fourth-order valence-corrected chi connectivity index (χ4v) is 9.96. The molecule has 18 nitrogen and oxygen atoms in total. The Balaban J connectivity index is 1.26. The number of likely N-dealkylation sites (tertiary alicyclic amines) is 2. The van der Waals surface area contributed by atoms with E-state index >= 15 is 0 Å². The minimum Gasteiger partial charge on any atom is -0.342 e. The van der Waals surface area contributed by atoms with Gasteiger partial charge in [0.1, 0.15) is 12.1 Å². The molecule has 0 unspecified atom stereocenters. The lowest BCUT2D eigenvalue weighted by molar-refractivity contribution is -0.142. The Hall–Kier alpha value is -6.66. The number of hydrogen-bond acceptors (Lipinski definition) is 10. The number of hydrogen-bond donors (Lipinski definition) is 4. The van der Waals surface area contributed by atoms with Crippen molar-refractivity contribution in [2.75, 3.05) is 80.5 Å². The van der Waals surface area contributed by atoms with Gasteiger partial charge in [-0.15, -0.1) is 0 Å². The molecule has 2 saturated heterocycles. The van der Waals surface area contributed by atoms with Gasteiger partial charge in [-0.25, -0.2) is 0 Å². The Kier molecular flexibility index (Phi) is 22.6. The van der Waals surface area contributed by atoms with Crippen LogP contribution in [0.15, 0.2) is 84.9 Å². The van der Waals surface area contributed by atoms with E-state index in [-0.39, 0.29) is 84.8 Å². The molecule has 5 rings (SSSR count). The summed E-state index contributed by atoms with van der Waals surface area (Å²) in [6.07, 6.45) is 3.96. The quantitative estimate of drug-likeness (QED) is 0.101. The summed E-state index contributed by atoms with van der Waals surface area (Å²) in [6, 6.07) is 22.6. The monoisotopic (exact) mass is 1080 g/mol. The lowest BCUT2D eigenvalue weighted by Gasteiger charge is -2.38. The van der Waals surface area contributed by atoms with Gasteiger partial charge in [0.05, 0.1) is 25.2 Å². The molecule has 0 spiro atoms. The molecule has 18 heteroatoms. The molecule has 2 aliphatic heterocycles. The van der Waals surface area contributed by atoms with Crippen molar-refractivity contribution < 1.29 is 38.4 Å². The standard InChI is InChI=1S/C60H88N10O8/c1-41(61-9)53(73)63-51(59(3,4)5)57(77)69-33-19-25-47(69)37-67(35-31-43-21-15-13-16-22-43)49(71)39-65(11)55(75)45-27-29-46(30-28-45)56(76)66(12)40-50(72)68(36-32-44-23-17-14-18-24-44)38-48-26-20-34-70(48)58(78)52(60(6,7)8)64-54(74)42(2)62-10/h13-18,21-24,27-30,41-42,47-48,51-52,61-62H,19-20,25-26,31-40H2,1-12H3,(H,63,73)(H,64,74)/t41-,42-,47-,48-,51+,52+/m0/s1. The van der Waals surface area contributed by atoms with Crippen LogP contribution in [0.5, 0.6) is 0 Å². The maximum atomic E-state index is 14.3. The molecule has 4 N–H and O–H groups in total. The molecule has 2 fully saturated rings. The summed E-state index contributed by atoms with van der Waals surface area (Å²) in [5.41, 5.74) is 1.43. The van der Waals surface area contributed by atoms with Crippen LogP contribution in [0.2, 0.25) is 0 Å². The number of nitrogens with zero attached hydrogens (tertiary/aromatic N) is 6. The normalized spacial score (nSPS) is 17.1. The topological polar surface area (TPSA) is 204 Å². The van der Waals surface area contributed by atoms with Gasteiger partial charge in [0.15, 0.2) is 0 Å². The average Bonchev–Trinajstić information content (AvgIpc) is 4.10. The summed E-state index contributed by atoms with van der Waals surface area (Å²) in [6.45, 7) is 16.7. The summed E-state index contributed by atoms with van der Waals surface area (Å²) in [5, 5.41) is 11.8. The van der Waals surface area contributed by atoms with Crippen LogP contribution in [0.4, 0.5) is 0 Å². The van der Waals surface area contributed by atoms with Crippen LogP contribution in [-0.2, 0) is 41.6 Å². The minimum absolute atomic E-state index is 0.194. The van der Waals surface area contributed by atoms with Gasteiger partial charge < -0.3 is 50.7 Å². The van der Waals surface area contributed by atoms with Crippen molar-refractivity contribution in [3.8, 4) is 0 Å². The minimum atomic E-state index is -0.787. The predicted octanol–water partition coefficient (Wildman–Crippen LogP) is 4.23. The van der Waals surface area contributed by atoms with Gasteiger partial charge in [-0.1, -0.05) is 102 Å². The fraction of sp³-hybridized carbons (Fsp3) is 0.567. The molecular formula is C60H88N10O8. The second kappa shape index (κ2) is 28.3. The smallest absolute Gasteiger partial charge is 0.254 e. The molecular weight excluding hydrogens is 989 g/mol. The van der Waals surface area contributed by atoms with Crippen LogP contribution >= 0.6 is 0 Å². The van der Waals surface area contributed by atoms with E-state index in [2.05, 4.69) is 21.3 Å². The molecule has 0 bridgehead atoms. The Morgan fingerprint density at radius 2 is 0.872 bits per heavy atom. The number of rotatable bonds is 24. The van der Waals surface area contributed by atoms with Crippen molar-refractivity contribution in [2.24, 2.45) is 10.8 Å². The Bertz CT molecular complexity index is 2340. The van der Waals surface area contributed by atoms with Gasteiger partial charge in [0.25, 0.3) is 11.8 Å². The molecule has 3 aromatic rings. The van der Waals surface area contributed by atoms with Crippen molar-refractivity contribution in [3.05, 3.63) is 107 Å². The first kappa shape index (κ1) is 62.2. The van der Waals surface area contributed by atoms with Crippen molar-refractivity contribution in [1.29, 1.82) is 0 Å². The highest BCUT2D eigenvalue weighted by Gasteiger charge is 2.43. The summed E-state index contributed by atoms with van der Waals surface area (Å²) >= 11 is 0. The molecule has 0 saturated carbocycles. The second-order valence-corrected chi connectivity index (χ2v) is 23.3. The van der Waals surface area contributed by atoms with E-state index in [0.717, 1.165) is 24.0 Å². The van der Waals surface area contributed by atoms with Crippen LogP contribution in [0.3, 0.4) is 0 Å². The van der Waals surface area contributed by atoms with Crippen LogP contribution < -0.4 is 21.3 Å². The fourth-order valence-electron chi connectivity index (χ4n) is 9.96. The third-order valence-corrected chi connectivity index (χ3v) is 15.2. The first-order valence-electron chi connectivity index (χ1n) is 27.6. The summed E-state index contributed by atoms with van der Waals surface area (Å²) < 4.78 is 0. The van der Waals surface area contributed by atoms with Crippen LogP contribution in [0.1, 0.15) is 113 Å². The molecule has 3 aromatic carbocycles. The van der Waals surface area contributed by atoms with E-state index in [4.69, 9.17) is 0 Å². The molecule has 0 aromatic heterocycles. The van der Waals surface area contributed by atoms with Gasteiger partial charge in [-0.2, -0.15) is 0 Å². The maximum Gasteiger partial charge on any atom is 0.254 e. The zero-order valence-corrected chi connectivity index (χ0v) is 48.4. The number of carbonyl (C=O) groups is 8. The summed E-state index contributed by atoms with van der Waals surface area (Å²) in [5.74, 6) is -2.37. The van der Waals surface area contributed by atoms with Gasteiger partial charge in [0.2, 0.25) is 35.4 Å². The number of likely N-dealkylation sites (N-methyl/N-ethyl adjacent to an activating group) is 4. The number of nitrogens with one attached hydrogen (secondary N) is 4. The molecule has 6 atom stereocenters. The third-order valence-electron chi connectivity index (χ3n) is 15.2. The van der Waals surface area contributed by atoms with E-state index in [0.29, 0.717) is 51.9 Å². The third kappa shape index (κ3) is 17.2. The van der Waals surface area contributed by atoms with E-state index in [1.54, 1.807) is 61.6 Å². The van der Waals surface area contributed by atoms with Crippen molar-refractivity contribution >= 4 is 47.3 Å². The van der Waals surface area contributed by atoms with Gasteiger partial charge in [-0.3, -0.25) is 38.4 Å². The zero-order valence-electron chi connectivity index (χ0n) is 48.4. The SMILES string of the molecule is CN[C@@H](C)C(=O)N[C@H](C(=O)N1CCC[C@H]1CN(CCc1ccccc1)C(=O)CN(C)C(=O)c1ccc(C(=O)N(C)CC(=O)N(CCc2ccccc2)C[C@@H]2CCCN2C(=O)[C@@H](NC(=O)[C@H](C)NC)C(C)(C)C)cc1)C(C)(C)C. The van der Waals surface area contributed by atoms with E-state index < -0.39 is 46.8 Å². The molecule has 0 radical (unpaired) electrons. The first-order valence-corrected chi connectivity index (χ1v) is 27.6. The number of amides is 8. The highest BCUT2D eigenvalue weighted by Crippen LogP contribution is 2.29. The molecule has 426 valence electrons. The van der Waals surface area contributed by atoms with Gasteiger partial charge in [0, 0.05) is 76.6 Å². The van der Waals surface area contributed by atoms with Crippen molar-refractivity contribution in [3.63, 3.8) is 0 Å². The zero-order chi connectivity index (χ0) is 57.5. The molecule has 0 aliphatic carbocycles. The van der Waals surface area contributed by atoms with Gasteiger partial charge in [-0.05, 0) is 113 Å². The van der Waals surface area contributed by atoms with E-state index in [1.165, 1.54) is 34.1 Å². The van der Waals surface area contributed by atoms with E-state index in [9.17, 15) is 38.4 Å². The largest absolute Gasteiger partial charge is 0.342 e. The van der Waals surface area contributed by atoms with Gasteiger partial charge >= 0.3 is 0 Å². The lowest BCUT2D eigenvalue weighted by Crippen LogP contribution is -2.59. The molecule has 2 aliphatic rings. The summed E-state index contributed by atoms with van der Waals surface area (Å²) in [4.78, 5) is 121. The van der Waals surface area contributed by atoms with Crippen LogP contribution in [0.25, 0.3) is 0 Å². The van der Waals surface area contributed by atoms with E-state index in [1.807, 2.05) is 102 Å². The van der Waals surface area contributed by atoms with Crippen LogP contribution in [0, 0.1) is 10.8 Å². The lowest BCUT2D eigenvalue weighted by atomic mass is 9.85. The number of carbonyl (C=O) groups excluding carboxylic acids is 8. The Morgan fingerprint density at radius 1 is 0.538 bits per heavy atom. The molecule has 8 amide bonds. The van der Waals surface area contributed by atoms with Crippen molar-refractivity contribution in [1.82, 2.24) is 50.7 Å². The molecule has 2 heterocycles. The second-order valence-electron chi connectivity index (χ2n) is 23.3. The Morgan fingerprint density at radius 3 is 1.18 bits per heavy atom. The average molecular weight is 1080 g/mol. The summed E-state index contributed by atoms with van der Waals surface area (Å²) in [7, 11) is 6.49. The predicted molar refractivity (Wildman–Crippen MR) is 303 cm³/mol. The Labute approximate surface area is 463 Å². The highest BCUT2D eigenvalue weighted by atomic mass is 16.2. The number of benzene rings is 3. The molecule has 78 heavy (non-hydrogen) atoms. The van der Waals surface area contributed by atoms with Crippen molar-refractivity contribution in [2.45, 2.75) is 130 Å². The first-order chi connectivity index (χ1) is 36.8. The highest BCUT2D eigenvalue weighted by molar-refractivity contribution is 6.00.